The summed E-state index contributed by atoms with van der Waals surface area (Å²) in [7, 11) is 0. The van der Waals surface area contributed by atoms with Crippen LogP contribution in [0.2, 0.25) is 0 Å². The minimum atomic E-state index is 0.0421. The van der Waals surface area contributed by atoms with E-state index in [0.29, 0.717) is 30.4 Å². The Morgan fingerprint density at radius 3 is 2.75 bits per heavy atom. The number of hydrogen-bond donors (Lipinski definition) is 3. The molecule has 20 heavy (non-hydrogen) atoms. The lowest BCUT2D eigenvalue weighted by atomic mass is 10.2. The predicted octanol–water partition coefficient (Wildman–Crippen LogP) is 1.03. The second-order valence-electron chi connectivity index (χ2n) is 4.72. The molecular formula is C14H15N5O. The summed E-state index contributed by atoms with van der Waals surface area (Å²) in [6, 6.07) is 11.4. The number of amides is 1. The maximum absolute atomic E-state index is 11.2. The summed E-state index contributed by atoms with van der Waals surface area (Å²) in [4.78, 5) is 19.9. The Bertz CT molecular complexity index is 629. The van der Waals surface area contributed by atoms with Crippen molar-refractivity contribution in [2.75, 3.05) is 17.6 Å². The monoisotopic (exact) mass is 269 g/mol. The maximum atomic E-state index is 11.2. The van der Waals surface area contributed by atoms with Crippen LogP contribution in [0.5, 0.6) is 0 Å². The summed E-state index contributed by atoms with van der Waals surface area (Å²) in [6.45, 7) is 0.601. The van der Waals surface area contributed by atoms with Crippen LogP contribution in [0.15, 0.2) is 36.4 Å². The van der Waals surface area contributed by atoms with Crippen LogP contribution in [-0.4, -0.2) is 28.5 Å². The third kappa shape index (κ3) is 2.69. The van der Waals surface area contributed by atoms with Crippen molar-refractivity contribution in [2.45, 2.75) is 12.5 Å². The fourth-order valence-electron chi connectivity index (χ4n) is 2.17. The fourth-order valence-corrected chi connectivity index (χ4v) is 2.17. The van der Waals surface area contributed by atoms with Gasteiger partial charge in [0.2, 0.25) is 5.91 Å². The van der Waals surface area contributed by atoms with Crippen LogP contribution in [0.3, 0.4) is 0 Å². The first kappa shape index (κ1) is 12.4. The smallest absolute Gasteiger partial charge is 0.222 e. The van der Waals surface area contributed by atoms with Gasteiger partial charge in [0.25, 0.3) is 0 Å². The number of hydrogen-bond acceptors (Lipinski definition) is 5. The van der Waals surface area contributed by atoms with E-state index >= 15 is 0 Å². The lowest BCUT2D eigenvalue weighted by Gasteiger charge is -2.12. The van der Waals surface area contributed by atoms with E-state index in [9.17, 15) is 4.79 Å². The molecule has 0 spiro atoms. The molecule has 1 aliphatic heterocycles. The van der Waals surface area contributed by atoms with Crippen LogP contribution >= 0.6 is 0 Å². The largest absolute Gasteiger partial charge is 0.384 e. The Balaban J connectivity index is 1.85. The van der Waals surface area contributed by atoms with Crippen molar-refractivity contribution >= 4 is 17.5 Å². The molecule has 4 N–H and O–H groups in total. The molecular weight excluding hydrogens is 254 g/mol. The summed E-state index contributed by atoms with van der Waals surface area (Å²) in [6.07, 6.45) is 0.449. The summed E-state index contributed by atoms with van der Waals surface area (Å²) in [5.41, 5.74) is 6.73. The van der Waals surface area contributed by atoms with Crippen molar-refractivity contribution in [3.8, 4) is 11.4 Å². The zero-order valence-corrected chi connectivity index (χ0v) is 10.8. The number of anilines is 2. The average Bonchev–Trinajstić information content (AvgIpc) is 2.84. The van der Waals surface area contributed by atoms with E-state index in [4.69, 9.17) is 5.73 Å². The molecule has 0 radical (unpaired) electrons. The summed E-state index contributed by atoms with van der Waals surface area (Å²) < 4.78 is 0. The Morgan fingerprint density at radius 2 is 2.05 bits per heavy atom. The molecule has 2 aromatic rings. The molecule has 1 aliphatic rings. The van der Waals surface area contributed by atoms with Gasteiger partial charge in [-0.15, -0.1) is 0 Å². The molecule has 1 unspecified atom stereocenters. The van der Waals surface area contributed by atoms with Crippen LogP contribution in [0, 0.1) is 0 Å². The fraction of sp³-hybridized carbons (Fsp3) is 0.214. The third-order valence-electron chi connectivity index (χ3n) is 3.11. The molecule has 6 nitrogen and oxygen atoms in total. The normalized spacial score (nSPS) is 17.8. The van der Waals surface area contributed by atoms with Gasteiger partial charge >= 0.3 is 0 Å². The highest BCUT2D eigenvalue weighted by Crippen LogP contribution is 2.19. The van der Waals surface area contributed by atoms with E-state index in [2.05, 4.69) is 20.6 Å². The van der Waals surface area contributed by atoms with E-state index in [0.717, 1.165) is 5.56 Å². The zero-order chi connectivity index (χ0) is 13.9. The maximum Gasteiger partial charge on any atom is 0.222 e. The molecule has 3 rings (SSSR count). The number of nitrogens with zero attached hydrogens (tertiary/aromatic N) is 2. The highest BCUT2D eigenvalue weighted by molar-refractivity contribution is 5.79. The van der Waals surface area contributed by atoms with Gasteiger partial charge in [0.15, 0.2) is 5.82 Å². The molecule has 0 bridgehead atoms. The standard InChI is InChI=1S/C14H15N5O/c15-11-7-12(17-10-6-13(20)16-8-10)19-14(18-11)9-4-2-1-3-5-9/h1-5,7,10H,6,8H2,(H,16,20)(H3,15,17,18,19). The first-order chi connectivity index (χ1) is 9.70. The van der Waals surface area contributed by atoms with Gasteiger partial charge in [-0.05, 0) is 0 Å². The molecule has 1 saturated heterocycles. The van der Waals surface area contributed by atoms with Crippen molar-refractivity contribution in [2.24, 2.45) is 0 Å². The van der Waals surface area contributed by atoms with Crippen molar-refractivity contribution in [3.05, 3.63) is 36.4 Å². The van der Waals surface area contributed by atoms with Gasteiger partial charge in [-0.2, -0.15) is 0 Å². The number of nitrogens with one attached hydrogen (secondary N) is 2. The van der Waals surface area contributed by atoms with Crippen molar-refractivity contribution in [1.82, 2.24) is 15.3 Å². The van der Waals surface area contributed by atoms with E-state index < -0.39 is 0 Å². The van der Waals surface area contributed by atoms with Crippen LogP contribution in [0.25, 0.3) is 11.4 Å². The van der Waals surface area contributed by atoms with Crippen molar-refractivity contribution in [1.29, 1.82) is 0 Å². The Kier molecular flexibility index (Phi) is 3.20. The quantitative estimate of drug-likeness (QED) is 0.773. The minimum Gasteiger partial charge on any atom is -0.384 e. The Labute approximate surface area is 116 Å². The van der Waals surface area contributed by atoms with Gasteiger partial charge in [0.1, 0.15) is 11.6 Å². The Hall–Kier alpha value is -2.63. The molecule has 102 valence electrons. The minimum absolute atomic E-state index is 0.0421. The summed E-state index contributed by atoms with van der Waals surface area (Å²) in [5, 5.41) is 5.98. The van der Waals surface area contributed by atoms with Crippen LogP contribution in [0.4, 0.5) is 11.6 Å². The van der Waals surface area contributed by atoms with Crippen molar-refractivity contribution < 1.29 is 4.79 Å². The molecule has 2 heterocycles. The molecule has 1 aromatic carbocycles. The van der Waals surface area contributed by atoms with Gasteiger partial charge in [-0.3, -0.25) is 4.79 Å². The van der Waals surface area contributed by atoms with Gasteiger partial charge in [0.05, 0.1) is 6.04 Å². The van der Waals surface area contributed by atoms with Crippen molar-refractivity contribution in [3.63, 3.8) is 0 Å². The molecule has 1 aromatic heterocycles. The highest BCUT2D eigenvalue weighted by Gasteiger charge is 2.21. The second kappa shape index (κ2) is 5.16. The van der Waals surface area contributed by atoms with E-state index in [1.165, 1.54) is 0 Å². The lowest BCUT2D eigenvalue weighted by molar-refractivity contribution is -0.119. The molecule has 1 amide bonds. The zero-order valence-electron chi connectivity index (χ0n) is 10.8. The van der Waals surface area contributed by atoms with Gasteiger partial charge in [0, 0.05) is 24.6 Å². The van der Waals surface area contributed by atoms with E-state index in [-0.39, 0.29) is 11.9 Å². The Morgan fingerprint density at radius 1 is 1.25 bits per heavy atom. The molecule has 6 heteroatoms. The summed E-state index contributed by atoms with van der Waals surface area (Å²) in [5.74, 6) is 1.66. The van der Waals surface area contributed by atoms with Gasteiger partial charge in [-0.1, -0.05) is 30.3 Å². The third-order valence-corrected chi connectivity index (χ3v) is 3.11. The number of carbonyl (C=O) groups excluding carboxylic acids is 1. The number of nitrogens with two attached hydrogens (primary N) is 1. The molecule has 1 atom stereocenters. The first-order valence-electron chi connectivity index (χ1n) is 6.44. The van der Waals surface area contributed by atoms with Crippen LogP contribution < -0.4 is 16.4 Å². The topological polar surface area (TPSA) is 92.9 Å². The molecule has 1 fully saturated rings. The molecule has 0 aliphatic carbocycles. The van der Waals surface area contributed by atoms with Gasteiger partial charge < -0.3 is 16.4 Å². The van der Waals surface area contributed by atoms with E-state index in [1.807, 2.05) is 30.3 Å². The summed E-state index contributed by atoms with van der Waals surface area (Å²) >= 11 is 0. The number of carbonyl (C=O) groups is 1. The number of benzene rings is 1. The number of aromatic nitrogens is 2. The van der Waals surface area contributed by atoms with Gasteiger partial charge in [-0.25, -0.2) is 9.97 Å². The second-order valence-corrected chi connectivity index (χ2v) is 4.72. The first-order valence-corrected chi connectivity index (χ1v) is 6.44. The number of nitrogen functional groups attached to an aromatic ring is 1. The van der Waals surface area contributed by atoms with Crippen LogP contribution in [0.1, 0.15) is 6.42 Å². The number of rotatable bonds is 3. The van der Waals surface area contributed by atoms with Crippen LogP contribution in [-0.2, 0) is 4.79 Å². The average molecular weight is 269 g/mol. The SMILES string of the molecule is Nc1cc(NC2CNC(=O)C2)nc(-c2ccccc2)n1. The molecule has 0 saturated carbocycles. The van der Waals surface area contributed by atoms with E-state index in [1.54, 1.807) is 6.07 Å². The predicted molar refractivity (Wildman–Crippen MR) is 76.9 cm³/mol. The highest BCUT2D eigenvalue weighted by atomic mass is 16.1. The lowest BCUT2D eigenvalue weighted by Crippen LogP contribution is -2.23.